The number of nitrogens with one attached hydrogen (secondary N) is 3. The molecule has 1 aliphatic carbocycles. The largest absolute Gasteiger partial charge is 0.381 e. The number of imidazole rings is 1. The minimum absolute atomic E-state index is 0.0587. The first kappa shape index (κ1) is 17.6. The van der Waals surface area contributed by atoms with Gasteiger partial charge in [0.05, 0.1) is 17.6 Å². The Morgan fingerprint density at radius 3 is 2.85 bits per heavy atom. The minimum Gasteiger partial charge on any atom is -0.381 e. The molecular formula is C20H31N5O2. The first-order chi connectivity index (χ1) is 13.2. The summed E-state index contributed by atoms with van der Waals surface area (Å²) in [6.07, 6.45) is 10.7. The number of hydrogen-bond donors (Lipinski definition) is 3. The number of hydrogen-bond acceptors (Lipinski definition) is 5. The molecule has 0 bridgehead atoms. The molecule has 0 aromatic carbocycles. The predicted molar refractivity (Wildman–Crippen MR) is 101 cm³/mol. The fourth-order valence-electron chi connectivity index (χ4n) is 5.84. The Hall–Kier alpha value is -1.44. The second-order valence-electron chi connectivity index (χ2n) is 8.74. The van der Waals surface area contributed by atoms with Gasteiger partial charge in [-0.1, -0.05) is 12.8 Å². The highest BCUT2D eigenvalue weighted by atomic mass is 16.5. The van der Waals surface area contributed by atoms with Crippen LogP contribution in [0.2, 0.25) is 0 Å². The average Bonchev–Trinajstić information content (AvgIpc) is 3.40. The molecule has 27 heavy (non-hydrogen) atoms. The van der Waals surface area contributed by atoms with Crippen molar-refractivity contribution in [2.45, 2.75) is 75.0 Å². The molecule has 5 rings (SSSR count). The molecule has 4 aliphatic rings. The summed E-state index contributed by atoms with van der Waals surface area (Å²) in [5, 5.41) is 10.7. The van der Waals surface area contributed by atoms with Crippen LogP contribution in [0, 0.1) is 0 Å². The quantitative estimate of drug-likeness (QED) is 0.731. The zero-order valence-corrected chi connectivity index (χ0v) is 16.1. The number of amides is 1. The molecule has 1 unspecified atom stereocenters. The molecule has 1 aromatic heterocycles. The third-order valence-corrected chi connectivity index (χ3v) is 7.29. The van der Waals surface area contributed by atoms with E-state index in [0.29, 0.717) is 6.54 Å². The van der Waals surface area contributed by atoms with Crippen LogP contribution in [0.4, 0.5) is 0 Å². The molecule has 3 fully saturated rings. The third kappa shape index (κ3) is 3.00. The van der Waals surface area contributed by atoms with Crippen LogP contribution in [-0.4, -0.2) is 53.3 Å². The van der Waals surface area contributed by atoms with Gasteiger partial charge in [0.2, 0.25) is 5.91 Å². The van der Waals surface area contributed by atoms with E-state index in [9.17, 15) is 4.79 Å². The summed E-state index contributed by atoms with van der Waals surface area (Å²) in [6.45, 7) is 3.88. The second kappa shape index (κ2) is 6.87. The summed E-state index contributed by atoms with van der Waals surface area (Å²) in [5.41, 5.74) is 2.46. The normalized spacial score (nSPS) is 28.5. The van der Waals surface area contributed by atoms with Crippen LogP contribution in [-0.2, 0) is 28.0 Å². The molecule has 3 N–H and O–H groups in total. The molecule has 1 aromatic rings. The summed E-state index contributed by atoms with van der Waals surface area (Å²) >= 11 is 0. The van der Waals surface area contributed by atoms with E-state index < -0.39 is 0 Å². The maximum absolute atomic E-state index is 12.8. The second-order valence-corrected chi connectivity index (χ2v) is 8.74. The van der Waals surface area contributed by atoms with Gasteiger partial charge in [-0.2, -0.15) is 0 Å². The van der Waals surface area contributed by atoms with Crippen molar-refractivity contribution in [3.05, 3.63) is 17.7 Å². The van der Waals surface area contributed by atoms with Gasteiger partial charge in [-0.25, -0.2) is 4.98 Å². The lowest BCUT2D eigenvalue weighted by Crippen LogP contribution is -2.53. The lowest BCUT2D eigenvalue weighted by Gasteiger charge is -2.40. The van der Waals surface area contributed by atoms with E-state index in [-0.39, 0.29) is 23.0 Å². The Balaban J connectivity index is 1.30. The monoisotopic (exact) mass is 373 g/mol. The van der Waals surface area contributed by atoms with Crippen molar-refractivity contribution in [1.82, 2.24) is 25.5 Å². The van der Waals surface area contributed by atoms with Crippen molar-refractivity contribution in [2.24, 2.45) is 0 Å². The number of carbonyl (C=O) groups is 1. The Labute approximate surface area is 160 Å². The van der Waals surface area contributed by atoms with Gasteiger partial charge in [0.1, 0.15) is 6.54 Å². The highest BCUT2D eigenvalue weighted by Crippen LogP contribution is 2.37. The van der Waals surface area contributed by atoms with E-state index in [2.05, 4.69) is 20.5 Å². The van der Waals surface area contributed by atoms with E-state index >= 15 is 0 Å². The number of fused-ring (bicyclic) bond motifs is 2. The van der Waals surface area contributed by atoms with Gasteiger partial charge in [-0.05, 0) is 38.6 Å². The van der Waals surface area contributed by atoms with E-state index in [1.54, 1.807) is 0 Å². The van der Waals surface area contributed by atoms with Gasteiger partial charge in [0.15, 0.2) is 0 Å². The van der Waals surface area contributed by atoms with Crippen molar-refractivity contribution in [3.63, 3.8) is 0 Å². The molecule has 1 saturated carbocycles. The highest BCUT2D eigenvalue weighted by Gasteiger charge is 2.45. The molecule has 1 atom stereocenters. The standard InChI is InChI=1S/C20H31N5O2/c26-17(24-16-4-10-22-19(16)5-1-2-6-19)13-25-14-21-18-15(25)3-9-23-20(18)7-11-27-12-8-20/h14,16,22-23H,1-13H2,(H,24,26). The molecule has 7 nitrogen and oxygen atoms in total. The lowest BCUT2D eigenvalue weighted by molar-refractivity contribution is -0.122. The molecule has 3 aliphatic heterocycles. The van der Waals surface area contributed by atoms with Crippen molar-refractivity contribution in [2.75, 3.05) is 26.3 Å². The van der Waals surface area contributed by atoms with Gasteiger partial charge in [0.25, 0.3) is 0 Å². The summed E-state index contributed by atoms with van der Waals surface area (Å²) < 4.78 is 7.63. The van der Waals surface area contributed by atoms with Crippen LogP contribution in [0.1, 0.15) is 56.3 Å². The molecule has 0 radical (unpaired) electrons. The third-order valence-electron chi connectivity index (χ3n) is 7.29. The minimum atomic E-state index is -0.0587. The van der Waals surface area contributed by atoms with Gasteiger partial charge in [0, 0.05) is 43.5 Å². The number of aromatic nitrogens is 2. The summed E-state index contributed by atoms with van der Waals surface area (Å²) in [5.74, 6) is 0.120. The van der Waals surface area contributed by atoms with Crippen LogP contribution >= 0.6 is 0 Å². The maximum Gasteiger partial charge on any atom is 0.240 e. The predicted octanol–water partition coefficient (Wildman–Crippen LogP) is 0.825. The maximum atomic E-state index is 12.8. The first-order valence-corrected chi connectivity index (χ1v) is 10.6. The fraction of sp³-hybridized carbons (Fsp3) is 0.800. The van der Waals surface area contributed by atoms with E-state index in [1.807, 2.05) is 6.33 Å². The van der Waals surface area contributed by atoms with Gasteiger partial charge >= 0.3 is 0 Å². The lowest BCUT2D eigenvalue weighted by atomic mass is 9.82. The van der Waals surface area contributed by atoms with Crippen LogP contribution in [0.25, 0.3) is 0 Å². The Bertz CT molecular complexity index is 698. The highest BCUT2D eigenvalue weighted by molar-refractivity contribution is 5.76. The zero-order valence-electron chi connectivity index (χ0n) is 16.1. The smallest absolute Gasteiger partial charge is 0.240 e. The van der Waals surface area contributed by atoms with E-state index in [1.165, 1.54) is 31.4 Å². The zero-order chi connectivity index (χ0) is 18.3. The Morgan fingerprint density at radius 1 is 1.22 bits per heavy atom. The SMILES string of the molecule is O=C(Cn1cnc2c1CCNC21CCOCC1)NC1CCNC12CCCC2. The van der Waals surface area contributed by atoms with Crippen LogP contribution in [0.5, 0.6) is 0 Å². The van der Waals surface area contributed by atoms with Crippen LogP contribution in [0.15, 0.2) is 6.33 Å². The molecule has 7 heteroatoms. The molecule has 4 heterocycles. The fourth-order valence-corrected chi connectivity index (χ4v) is 5.84. The number of nitrogens with zero attached hydrogens (tertiary/aromatic N) is 2. The first-order valence-electron chi connectivity index (χ1n) is 10.6. The number of ether oxygens (including phenoxy) is 1. The van der Waals surface area contributed by atoms with Crippen molar-refractivity contribution in [1.29, 1.82) is 0 Å². The van der Waals surface area contributed by atoms with Gasteiger partial charge in [-0.15, -0.1) is 0 Å². The van der Waals surface area contributed by atoms with Crippen LogP contribution in [0.3, 0.4) is 0 Å². The van der Waals surface area contributed by atoms with Crippen LogP contribution < -0.4 is 16.0 Å². The van der Waals surface area contributed by atoms with Crippen molar-refractivity contribution in [3.8, 4) is 0 Å². The molecule has 1 amide bonds. The number of rotatable bonds is 3. The van der Waals surface area contributed by atoms with E-state index in [4.69, 9.17) is 9.72 Å². The van der Waals surface area contributed by atoms with E-state index in [0.717, 1.165) is 57.7 Å². The summed E-state index contributed by atoms with van der Waals surface area (Å²) in [6, 6.07) is 0.273. The van der Waals surface area contributed by atoms with Gasteiger partial charge in [-0.3, -0.25) is 4.79 Å². The summed E-state index contributed by atoms with van der Waals surface area (Å²) in [7, 11) is 0. The van der Waals surface area contributed by atoms with Crippen molar-refractivity contribution < 1.29 is 9.53 Å². The summed E-state index contributed by atoms with van der Waals surface area (Å²) in [4.78, 5) is 17.6. The Morgan fingerprint density at radius 2 is 2.04 bits per heavy atom. The van der Waals surface area contributed by atoms with Crippen molar-refractivity contribution >= 4 is 5.91 Å². The molecule has 2 saturated heterocycles. The molecule has 148 valence electrons. The number of carbonyl (C=O) groups excluding carboxylic acids is 1. The molecular weight excluding hydrogens is 342 g/mol. The topological polar surface area (TPSA) is 80.2 Å². The average molecular weight is 374 g/mol. The molecule has 2 spiro atoms. The van der Waals surface area contributed by atoms with Gasteiger partial charge < -0.3 is 25.3 Å². The Kier molecular flexibility index (Phi) is 4.49.